The van der Waals surface area contributed by atoms with Crippen LogP contribution < -0.4 is 10.2 Å². The van der Waals surface area contributed by atoms with E-state index in [9.17, 15) is 9.59 Å². The number of rotatable bonds is 1. The maximum atomic E-state index is 12.9. The first-order chi connectivity index (χ1) is 10.2. The fraction of sp³-hybridized carbons (Fsp3) is 0.176. The van der Waals surface area contributed by atoms with Crippen LogP contribution in [0.15, 0.2) is 48.5 Å². The van der Waals surface area contributed by atoms with Gasteiger partial charge in [-0.3, -0.25) is 14.5 Å². The molecule has 0 saturated heterocycles. The van der Waals surface area contributed by atoms with Crippen molar-refractivity contribution in [3.8, 4) is 0 Å². The Morgan fingerprint density at radius 1 is 1.00 bits per heavy atom. The summed E-state index contributed by atoms with van der Waals surface area (Å²) in [5.74, 6) is -0.482. The van der Waals surface area contributed by atoms with Crippen molar-refractivity contribution in [2.75, 3.05) is 10.2 Å². The van der Waals surface area contributed by atoms with Gasteiger partial charge in [-0.2, -0.15) is 0 Å². The largest absolute Gasteiger partial charge is 0.322 e. The molecule has 2 atom stereocenters. The molecule has 0 aliphatic carbocycles. The van der Waals surface area contributed by atoms with Gasteiger partial charge in [0.2, 0.25) is 11.8 Å². The van der Waals surface area contributed by atoms with E-state index in [4.69, 9.17) is 0 Å². The first-order valence-corrected chi connectivity index (χ1v) is 7.00. The minimum atomic E-state index is -0.472. The summed E-state index contributed by atoms with van der Waals surface area (Å²) in [6.07, 6.45) is 0. The van der Waals surface area contributed by atoms with Crippen molar-refractivity contribution in [1.82, 2.24) is 0 Å². The zero-order chi connectivity index (χ0) is 14.6. The average molecular weight is 278 g/mol. The van der Waals surface area contributed by atoms with Gasteiger partial charge in [0.15, 0.2) is 0 Å². The Kier molecular flexibility index (Phi) is 2.42. The lowest BCUT2D eigenvalue weighted by atomic mass is 9.92. The van der Waals surface area contributed by atoms with E-state index in [2.05, 4.69) is 5.32 Å². The third-order valence-corrected chi connectivity index (χ3v) is 4.26. The number of nitrogens with zero attached hydrogens (tertiary/aromatic N) is 1. The van der Waals surface area contributed by atoms with Gasteiger partial charge in [0.1, 0.15) is 6.04 Å². The molecule has 104 valence electrons. The smallest absolute Gasteiger partial charge is 0.247 e. The fourth-order valence-corrected chi connectivity index (χ4v) is 3.25. The summed E-state index contributed by atoms with van der Waals surface area (Å²) in [7, 11) is 0. The Labute approximate surface area is 122 Å². The minimum Gasteiger partial charge on any atom is -0.322 e. The SMILES string of the molecule is CC1C(=O)Nc2cccc3c2N1C(=O)C3c1ccccc1. The number of amides is 2. The number of carbonyl (C=O) groups is 2. The van der Waals surface area contributed by atoms with Gasteiger partial charge in [-0.1, -0.05) is 42.5 Å². The van der Waals surface area contributed by atoms with Gasteiger partial charge in [0.25, 0.3) is 0 Å². The van der Waals surface area contributed by atoms with Crippen LogP contribution in [-0.2, 0) is 9.59 Å². The first-order valence-electron chi connectivity index (χ1n) is 7.00. The molecule has 0 spiro atoms. The highest BCUT2D eigenvalue weighted by Gasteiger charge is 2.46. The molecule has 4 nitrogen and oxygen atoms in total. The lowest BCUT2D eigenvalue weighted by Gasteiger charge is -2.31. The lowest BCUT2D eigenvalue weighted by molar-refractivity contribution is -0.123. The number of anilines is 2. The van der Waals surface area contributed by atoms with Crippen molar-refractivity contribution >= 4 is 23.2 Å². The normalized spacial score (nSPS) is 23.0. The van der Waals surface area contributed by atoms with E-state index in [0.717, 1.165) is 22.5 Å². The van der Waals surface area contributed by atoms with Crippen LogP contribution in [0.25, 0.3) is 0 Å². The minimum absolute atomic E-state index is 0.0222. The van der Waals surface area contributed by atoms with Gasteiger partial charge < -0.3 is 5.32 Å². The zero-order valence-electron chi connectivity index (χ0n) is 11.5. The van der Waals surface area contributed by atoms with Crippen molar-refractivity contribution in [2.24, 2.45) is 0 Å². The van der Waals surface area contributed by atoms with Gasteiger partial charge in [-0.25, -0.2) is 0 Å². The molecule has 1 N–H and O–H groups in total. The molecule has 2 aromatic carbocycles. The summed E-state index contributed by atoms with van der Waals surface area (Å²) in [4.78, 5) is 26.6. The van der Waals surface area contributed by atoms with Crippen molar-refractivity contribution in [2.45, 2.75) is 18.9 Å². The second-order valence-corrected chi connectivity index (χ2v) is 5.46. The van der Waals surface area contributed by atoms with E-state index in [0.29, 0.717) is 0 Å². The number of hydrogen-bond donors (Lipinski definition) is 1. The molecule has 2 heterocycles. The van der Waals surface area contributed by atoms with E-state index in [-0.39, 0.29) is 17.7 Å². The van der Waals surface area contributed by atoms with Crippen LogP contribution in [0.2, 0.25) is 0 Å². The van der Waals surface area contributed by atoms with Gasteiger partial charge in [0, 0.05) is 0 Å². The van der Waals surface area contributed by atoms with Crippen LogP contribution in [0.1, 0.15) is 24.0 Å². The van der Waals surface area contributed by atoms with Gasteiger partial charge in [-0.15, -0.1) is 0 Å². The molecule has 4 rings (SSSR count). The molecule has 2 aliphatic rings. The summed E-state index contributed by atoms with van der Waals surface area (Å²) in [5.41, 5.74) is 3.51. The Bertz CT molecular complexity index is 755. The number of benzene rings is 2. The summed E-state index contributed by atoms with van der Waals surface area (Å²) < 4.78 is 0. The molecule has 2 aliphatic heterocycles. The molecule has 21 heavy (non-hydrogen) atoms. The van der Waals surface area contributed by atoms with Crippen molar-refractivity contribution in [3.05, 3.63) is 59.7 Å². The lowest BCUT2D eigenvalue weighted by Crippen LogP contribution is -2.47. The summed E-state index contributed by atoms with van der Waals surface area (Å²) in [6.45, 7) is 1.76. The first kappa shape index (κ1) is 12.1. The molecule has 0 radical (unpaired) electrons. The van der Waals surface area contributed by atoms with E-state index >= 15 is 0 Å². The third kappa shape index (κ3) is 1.56. The van der Waals surface area contributed by atoms with E-state index in [1.54, 1.807) is 11.8 Å². The Hall–Kier alpha value is -2.62. The molecule has 0 saturated carbocycles. The average Bonchev–Trinajstić information content (AvgIpc) is 2.80. The predicted molar refractivity (Wildman–Crippen MR) is 80.3 cm³/mol. The van der Waals surface area contributed by atoms with Crippen LogP contribution in [0.5, 0.6) is 0 Å². The monoisotopic (exact) mass is 278 g/mol. The molecular formula is C17H14N2O2. The highest BCUT2D eigenvalue weighted by Crippen LogP contribution is 2.47. The highest BCUT2D eigenvalue weighted by atomic mass is 16.2. The maximum Gasteiger partial charge on any atom is 0.247 e. The topological polar surface area (TPSA) is 49.4 Å². The van der Waals surface area contributed by atoms with Crippen molar-refractivity contribution < 1.29 is 9.59 Å². The summed E-state index contributed by atoms with van der Waals surface area (Å²) in [5, 5.41) is 2.88. The van der Waals surface area contributed by atoms with Crippen LogP contribution in [0.3, 0.4) is 0 Å². The van der Waals surface area contributed by atoms with E-state index in [1.165, 1.54) is 0 Å². The predicted octanol–water partition coefficient (Wildman–Crippen LogP) is 2.51. The van der Waals surface area contributed by atoms with Crippen LogP contribution in [-0.4, -0.2) is 17.9 Å². The Balaban J connectivity index is 1.95. The molecule has 0 bridgehead atoms. The molecule has 2 aromatic rings. The standard InChI is InChI=1S/C17H14N2O2/c1-10-16(20)18-13-9-5-8-12-14(11-6-3-2-4-7-11)17(21)19(10)15(12)13/h2-10,14H,1H3,(H,18,20). The maximum absolute atomic E-state index is 12.9. The highest BCUT2D eigenvalue weighted by molar-refractivity contribution is 6.18. The quantitative estimate of drug-likeness (QED) is 0.871. The molecule has 0 aromatic heterocycles. The summed E-state index contributed by atoms with van der Waals surface area (Å²) in [6, 6.07) is 14.9. The molecule has 2 unspecified atom stereocenters. The second kappa shape index (κ2) is 4.19. The summed E-state index contributed by atoms with van der Waals surface area (Å²) >= 11 is 0. The van der Waals surface area contributed by atoms with E-state index in [1.807, 2.05) is 48.5 Å². The van der Waals surface area contributed by atoms with Crippen LogP contribution in [0.4, 0.5) is 11.4 Å². The number of nitrogens with one attached hydrogen (secondary N) is 1. The van der Waals surface area contributed by atoms with Crippen molar-refractivity contribution in [1.29, 1.82) is 0 Å². The molecular weight excluding hydrogens is 264 g/mol. The number of hydrogen-bond acceptors (Lipinski definition) is 2. The molecule has 2 amide bonds. The molecule has 4 heteroatoms. The number of carbonyl (C=O) groups excluding carboxylic acids is 2. The zero-order valence-corrected chi connectivity index (χ0v) is 11.5. The van der Waals surface area contributed by atoms with Crippen LogP contribution >= 0.6 is 0 Å². The van der Waals surface area contributed by atoms with E-state index < -0.39 is 6.04 Å². The fourth-order valence-electron chi connectivity index (χ4n) is 3.25. The Morgan fingerprint density at radius 3 is 2.52 bits per heavy atom. The van der Waals surface area contributed by atoms with Gasteiger partial charge in [-0.05, 0) is 24.1 Å². The Morgan fingerprint density at radius 2 is 1.76 bits per heavy atom. The third-order valence-electron chi connectivity index (χ3n) is 4.26. The second-order valence-electron chi connectivity index (χ2n) is 5.46. The number of para-hydroxylation sites is 1. The van der Waals surface area contributed by atoms with Crippen molar-refractivity contribution in [3.63, 3.8) is 0 Å². The van der Waals surface area contributed by atoms with Gasteiger partial charge >= 0.3 is 0 Å². The molecule has 0 fully saturated rings. The van der Waals surface area contributed by atoms with Gasteiger partial charge in [0.05, 0.1) is 17.3 Å². The van der Waals surface area contributed by atoms with Crippen LogP contribution in [0, 0.1) is 0 Å².